The number of piperazine rings is 1. The molecule has 8 nitrogen and oxygen atoms in total. The Kier molecular flexibility index (Phi) is 6.98. The van der Waals surface area contributed by atoms with E-state index in [2.05, 4.69) is 24.1 Å². The van der Waals surface area contributed by atoms with Crippen LogP contribution in [-0.4, -0.2) is 80.0 Å². The number of nitrogens with one attached hydrogen (secondary N) is 1. The summed E-state index contributed by atoms with van der Waals surface area (Å²) in [6, 6.07) is 5.62. The van der Waals surface area contributed by atoms with Crippen molar-refractivity contribution in [3.8, 4) is 0 Å². The Labute approximate surface area is 189 Å². The zero-order valence-corrected chi connectivity index (χ0v) is 19.1. The molecule has 0 bridgehead atoms. The number of carbonyl (C=O) groups excluding carboxylic acids is 3. The van der Waals surface area contributed by atoms with Crippen LogP contribution in [0.1, 0.15) is 43.5 Å². The molecule has 1 N–H and O–H groups in total. The normalized spacial score (nSPS) is 19.3. The number of benzene rings is 1. The average molecular weight is 443 g/mol. The topological polar surface area (TPSA) is 82.2 Å². The summed E-state index contributed by atoms with van der Waals surface area (Å²) < 4.78 is 5.40. The van der Waals surface area contributed by atoms with Gasteiger partial charge in [-0.05, 0) is 37.0 Å². The summed E-state index contributed by atoms with van der Waals surface area (Å²) in [6.07, 6.45) is 2.43. The fourth-order valence-electron chi connectivity index (χ4n) is 4.26. The minimum atomic E-state index is -0.0378. The van der Waals surface area contributed by atoms with Gasteiger partial charge in [-0.1, -0.05) is 13.8 Å². The van der Waals surface area contributed by atoms with Crippen LogP contribution in [-0.2, 0) is 14.3 Å². The summed E-state index contributed by atoms with van der Waals surface area (Å²) >= 11 is 0. The van der Waals surface area contributed by atoms with E-state index < -0.39 is 0 Å². The molecule has 2 aliphatic heterocycles. The first-order chi connectivity index (χ1) is 15.4. The molecule has 1 saturated carbocycles. The van der Waals surface area contributed by atoms with Crippen LogP contribution in [0.25, 0.3) is 0 Å². The molecule has 0 unspecified atom stereocenters. The molecule has 8 heteroatoms. The van der Waals surface area contributed by atoms with Gasteiger partial charge in [0.25, 0.3) is 5.91 Å². The fourth-order valence-corrected chi connectivity index (χ4v) is 4.26. The van der Waals surface area contributed by atoms with E-state index in [1.165, 1.54) is 0 Å². The van der Waals surface area contributed by atoms with Crippen LogP contribution in [0.15, 0.2) is 18.2 Å². The van der Waals surface area contributed by atoms with Crippen LogP contribution >= 0.6 is 0 Å². The van der Waals surface area contributed by atoms with Crippen LogP contribution in [0.5, 0.6) is 0 Å². The number of carbonyl (C=O) groups is 3. The third-order valence-electron chi connectivity index (χ3n) is 6.30. The molecule has 0 atom stereocenters. The first kappa shape index (κ1) is 22.6. The van der Waals surface area contributed by atoms with Gasteiger partial charge in [-0.3, -0.25) is 14.4 Å². The molecule has 3 fully saturated rings. The predicted molar refractivity (Wildman–Crippen MR) is 123 cm³/mol. The van der Waals surface area contributed by atoms with Crippen LogP contribution in [0.3, 0.4) is 0 Å². The fraction of sp³-hybridized carbons (Fsp3) is 0.625. The van der Waals surface area contributed by atoms with E-state index in [1.807, 2.05) is 28.0 Å². The maximum Gasteiger partial charge on any atom is 0.256 e. The first-order valence-electron chi connectivity index (χ1n) is 11.8. The monoisotopic (exact) mass is 442 g/mol. The van der Waals surface area contributed by atoms with Crippen molar-refractivity contribution in [2.45, 2.75) is 33.1 Å². The van der Waals surface area contributed by atoms with E-state index in [-0.39, 0.29) is 23.6 Å². The van der Waals surface area contributed by atoms with E-state index in [1.54, 1.807) is 0 Å². The van der Waals surface area contributed by atoms with Crippen molar-refractivity contribution in [2.75, 3.05) is 62.7 Å². The van der Waals surface area contributed by atoms with Crippen molar-refractivity contribution in [3.63, 3.8) is 0 Å². The van der Waals surface area contributed by atoms with Crippen molar-refractivity contribution < 1.29 is 19.1 Å². The van der Waals surface area contributed by atoms with Gasteiger partial charge in [0.1, 0.15) is 0 Å². The second-order valence-corrected chi connectivity index (χ2v) is 9.37. The van der Waals surface area contributed by atoms with Gasteiger partial charge < -0.3 is 24.8 Å². The summed E-state index contributed by atoms with van der Waals surface area (Å²) in [7, 11) is 0. The summed E-state index contributed by atoms with van der Waals surface area (Å²) in [5.74, 6) is 0.632. The molecule has 0 spiro atoms. The molecule has 3 amide bonds. The quantitative estimate of drug-likeness (QED) is 0.731. The first-order valence-corrected chi connectivity index (χ1v) is 11.8. The Morgan fingerprint density at radius 2 is 1.69 bits per heavy atom. The van der Waals surface area contributed by atoms with Gasteiger partial charge in [0.2, 0.25) is 11.8 Å². The van der Waals surface area contributed by atoms with E-state index in [0.29, 0.717) is 76.1 Å². The number of rotatable bonds is 6. The van der Waals surface area contributed by atoms with Gasteiger partial charge >= 0.3 is 0 Å². The van der Waals surface area contributed by atoms with E-state index in [0.717, 1.165) is 18.5 Å². The Morgan fingerprint density at radius 3 is 2.31 bits per heavy atom. The molecule has 0 radical (unpaired) electrons. The number of anilines is 2. The maximum absolute atomic E-state index is 13.4. The van der Waals surface area contributed by atoms with Gasteiger partial charge in [0.15, 0.2) is 0 Å². The number of nitrogens with zero attached hydrogens (tertiary/aromatic N) is 3. The number of morpholine rings is 1. The molecular formula is C24H34N4O4. The van der Waals surface area contributed by atoms with E-state index in [9.17, 15) is 14.4 Å². The highest BCUT2D eigenvalue weighted by Crippen LogP contribution is 2.32. The number of hydrogen-bond acceptors (Lipinski definition) is 5. The molecule has 1 aromatic rings. The second-order valence-electron chi connectivity index (χ2n) is 9.37. The molecule has 3 aliphatic rings. The molecule has 2 heterocycles. The Bertz CT molecular complexity index is 854. The minimum Gasteiger partial charge on any atom is -0.378 e. The summed E-state index contributed by atoms with van der Waals surface area (Å²) in [5.41, 5.74) is 2.12. The van der Waals surface area contributed by atoms with Crippen LogP contribution in [0.4, 0.5) is 11.4 Å². The van der Waals surface area contributed by atoms with Crippen molar-refractivity contribution in [1.29, 1.82) is 0 Å². The predicted octanol–water partition coefficient (Wildman–Crippen LogP) is 2.20. The number of hydrogen-bond donors (Lipinski definition) is 1. The zero-order valence-electron chi connectivity index (χ0n) is 19.1. The molecule has 4 rings (SSSR count). The molecule has 1 aliphatic carbocycles. The highest BCUT2D eigenvalue weighted by molar-refractivity contribution is 6.02. The van der Waals surface area contributed by atoms with Gasteiger partial charge in [-0.15, -0.1) is 0 Å². The summed E-state index contributed by atoms with van der Waals surface area (Å²) in [4.78, 5) is 44.0. The standard InChI is InChI=1S/C24H34N4O4/c1-17(2)15-22(29)27-9-7-26(8-10-27)21-6-5-19(25-23(30)18-3-4-18)16-20(21)24(31)28-11-13-32-14-12-28/h5-6,16-18H,3-4,7-15H2,1-2H3,(H,25,30). The van der Waals surface area contributed by atoms with Crippen molar-refractivity contribution in [2.24, 2.45) is 11.8 Å². The third-order valence-corrected chi connectivity index (χ3v) is 6.30. The second kappa shape index (κ2) is 9.90. The molecular weight excluding hydrogens is 408 g/mol. The van der Waals surface area contributed by atoms with E-state index in [4.69, 9.17) is 4.74 Å². The lowest BCUT2D eigenvalue weighted by Crippen LogP contribution is -2.49. The summed E-state index contributed by atoms with van der Waals surface area (Å²) in [5, 5.41) is 2.97. The third kappa shape index (κ3) is 5.41. The Hall–Kier alpha value is -2.61. The minimum absolute atomic E-state index is 0.0276. The summed E-state index contributed by atoms with van der Waals surface area (Å²) in [6.45, 7) is 8.98. The molecule has 0 aromatic heterocycles. The van der Waals surface area contributed by atoms with Gasteiger partial charge in [-0.25, -0.2) is 0 Å². The van der Waals surface area contributed by atoms with Gasteiger partial charge in [-0.2, -0.15) is 0 Å². The molecule has 2 saturated heterocycles. The lowest BCUT2D eigenvalue weighted by molar-refractivity contribution is -0.132. The van der Waals surface area contributed by atoms with Gasteiger partial charge in [0, 0.05) is 63.0 Å². The Balaban J connectivity index is 1.51. The smallest absolute Gasteiger partial charge is 0.256 e. The van der Waals surface area contributed by atoms with E-state index >= 15 is 0 Å². The lowest BCUT2D eigenvalue weighted by atomic mass is 10.1. The van der Waals surface area contributed by atoms with Gasteiger partial charge in [0.05, 0.1) is 18.8 Å². The SMILES string of the molecule is CC(C)CC(=O)N1CCN(c2ccc(NC(=O)C3CC3)cc2C(=O)N2CCOCC2)CC1. The largest absolute Gasteiger partial charge is 0.378 e. The molecule has 174 valence electrons. The highest BCUT2D eigenvalue weighted by Gasteiger charge is 2.31. The molecule has 1 aromatic carbocycles. The maximum atomic E-state index is 13.4. The number of amides is 3. The number of ether oxygens (including phenoxy) is 1. The van der Waals surface area contributed by atoms with Crippen molar-refractivity contribution >= 4 is 29.1 Å². The average Bonchev–Trinajstić information content (AvgIpc) is 3.64. The lowest BCUT2D eigenvalue weighted by Gasteiger charge is -2.38. The van der Waals surface area contributed by atoms with Crippen LogP contribution in [0.2, 0.25) is 0 Å². The zero-order chi connectivity index (χ0) is 22.7. The molecule has 32 heavy (non-hydrogen) atoms. The van der Waals surface area contributed by atoms with Crippen molar-refractivity contribution in [3.05, 3.63) is 23.8 Å². The Morgan fingerprint density at radius 1 is 1.00 bits per heavy atom. The van der Waals surface area contributed by atoms with Crippen LogP contribution in [0, 0.1) is 11.8 Å². The highest BCUT2D eigenvalue weighted by atomic mass is 16.5. The van der Waals surface area contributed by atoms with Crippen molar-refractivity contribution in [1.82, 2.24) is 9.80 Å². The van der Waals surface area contributed by atoms with Crippen LogP contribution < -0.4 is 10.2 Å².